The second-order valence-corrected chi connectivity index (χ2v) is 3.59. The van der Waals surface area contributed by atoms with Crippen molar-refractivity contribution in [3.8, 4) is 6.07 Å². The predicted molar refractivity (Wildman–Crippen MR) is 54.5 cm³/mol. The van der Waals surface area contributed by atoms with E-state index in [-0.39, 0.29) is 11.9 Å². The summed E-state index contributed by atoms with van der Waals surface area (Å²) in [6.45, 7) is 0. The minimum absolute atomic E-state index is 0.0652. The van der Waals surface area contributed by atoms with E-state index in [0.29, 0.717) is 5.56 Å². The number of hydrogen-bond donors (Lipinski definition) is 0. The van der Waals surface area contributed by atoms with E-state index >= 15 is 0 Å². The topological polar surface area (TPSA) is 50.1 Å². The van der Waals surface area contributed by atoms with Crippen LogP contribution in [0.5, 0.6) is 0 Å². The van der Waals surface area contributed by atoms with Crippen molar-refractivity contribution in [2.75, 3.05) is 7.11 Å². The first-order valence-electron chi connectivity index (χ1n) is 4.87. The molecule has 0 spiro atoms. The highest BCUT2D eigenvalue weighted by molar-refractivity contribution is 5.91. The normalized spacial score (nSPS) is 18.0. The van der Waals surface area contributed by atoms with Gasteiger partial charge in [0.05, 0.1) is 24.7 Å². The number of nitriles is 1. The third kappa shape index (κ3) is 1.48. The number of fused-ring (bicyclic) bond motifs is 1. The molecule has 0 fully saturated rings. The number of methoxy groups -OCH3 is 1. The maximum Gasteiger partial charge on any atom is 0.338 e. The molecule has 0 bridgehead atoms. The molecule has 3 nitrogen and oxygen atoms in total. The summed E-state index contributed by atoms with van der Waals surface area (Å²) in [5.74, 6) is -0.380. The number of nitrogens with zero attached hydrogens (tertiary/aromatic N) is 1. The molecule has 1 unspecified atom stereocenters. The molecule has 0 amide bonds. The highest BCUT2D eigenvalue weighted by Crippen LogP contribution is 2.34. The van der Waals surface area contributed by atoms with Gasteiger partial charge in [-0.1, -0.05) is 12.1 Å². The fourth-order valence-electron chi connectivity index (χ4n) is 2.09. The summed E-state index contributed by atoms with van der Waals surface area (Å²) in [4.78, 5) is 11.5. The Morgan fingerprint density at radius 2 is 2.40 bits per heavy atom. The van der Waals surface area contributed by atoms with E-state index in [1.54, 1.807) is 12.1 Å². The van der Waals surface area contributed by atoms with Gasteiger partial charge in [-0.15, -0.1) is 0 Å². The Labute approximate surface area is 88.3 Å². The SMILES string of the molecule is COC(=O)c1cccc2c1CCC2C#N. The zero-order chi connectivity index (χ0) is 10.8. The van der Waals surface area contributed by atoms with Crippen molar-refractivity contribution >= 4 is 5.97 Å². The third-order valence-electron chi connectivity index (χ3n) is 2.83. The first-order chi connectivity index (χ1) is 7.27. The third-order valence-corrected chi connectivity index (χ3v) is 2.83. The van der Waals surface area contributed by atoms with Crippen molar-refractivity contribution in [3.05, 3.63) is 34.9 Å². The molecule has 2 rings (SSSR count). The van der Waals surface area contributed by atoms with Gasteiger partial charge in [-0.25, -0.2) is 4.79 Å². The zero-order valence-electron chi connectivity index (χ0n) is 8.49. The minimum Gasteiger partial charge on any atom is -0.465 e. The van der Waals surface area contributed by atoms with Crippen molar-refractivity contribution in [3.63, 3.8) is 0 Å². The Morgan fingerprint density at radius 1 is 1.60 bits per heavy atom. The second-order valence-electron chi connectivity index (χ2n) is 3.59. The molecule has 0 radical (unpaired) electrons. The molecule has 0 saturated heterocycles. The number of carbonyl (C=O) groups is 1. The number of rotatable bonds is 1. The van der Waals surface area contributed by atoms with Crippen LogP contribution in [0.4, 0.5) is 0 Å². The summed E-state index contributed by atoms with van der Waals surface area (Å²) in [5, 5.41) is 8.93. The monoisotopic (exact) mass is 201 g/mol. The van der Waals surface area contributed by atoms with Gasteiger partial charge in [0.25, 0.3) is 0 Å². The molecular weight excluding hydrogens is 190 g/mol. The lowest BCUT2D eigenvalue weighted by molar-refractivity contribution is 0.0599. The quantitative estimate of drug-likeness (QED) is 0.653. The van der Waals surface area contributed by atoms with Crippen LogP contribution >= 0.6 is 0 Å². The predicted octanol–water partition coefficient (Wildman–Crippen LogP) is 2.03. The standard InChI is InChI=1S/C12H11NO2/c1-15-12(14)11-4-2-3-9-8(7-13)5-6-10(9)11/h2-4,8H,5-6H2,1H3. The molecule has 1 aliphatic carbocycles. The fourth-order valence-corrected chi connectivity index (χ4v) is 2.09. The largest absolute Gasteiger partial charge is 0.465 e. The molecule has 0 heterocycles. The molecule has 1 aromatic carbocycles. The van der Waals surface area contributed by atoms with Crippen molar-refractivity contribution in [1.29, 1.82) is 5.26 Å². The van der Waals surface area contributed by atoms with E-state index in [1.807, 2.05) is 6.07 Å². The van der Waals surface area contributed by atoms with Crippen LogP contribution < -0.4 is 0 Å². The summed E-state index contributed by atoms with van der Waals surface area (Å²) in [6.07, 6.45) is 1.60. The van der Waals surface area contributed by atoms with Crippen LogP contribution in [0.15, 0.2) is 18.2 Å². The number of esters is 1. The highest BCUT2D eigenvalue weighted by Gasteiger charge is 2.26. The van der Waals surface area contributed by atoms with Crippen LogP contribution in [-0.4, -0.2) is 13.1 Å². The van der Waals surface area contributed by atoms with E-state index in [1.165, 1.54) is 7.11 Å². The molecule has 15 heavy (non-hydrogen) atoms. The molecule has 0 saturated carbocycles. The van der Waals surface area contributed by atoms with Crippen LogP contribution in [0.2, 0.25) is 0 Å². The molecule has 0 N–H and O–H groups in total. The van der Waals surface area contributed by atoms with Crippen molar-refractivity contribution in [2.45, 2.75) is 18.8 Å². The van der Waals surface area contributed by atoms with Gasteiger partial charge < -0.3 is 4.74 Å². The van der Waals surface area contributed by atoms with Gasteiger partial charge in [0, 0.05) is 0 Å². The van der Waals surface area contributed by atoms with Crippen LogP contribution in [0.25, 0.3) is 0 Å². The van der Waals surface area contributed by atoms with Crippen molar-refractivity contribution in [1.82, 2.24) is 0 Å². The van der Waals surface area contributed by atoms with Crippen molar-refractivity contribution in [2.24, 2.45) is 0 Å². The lowest BCUT2D eigenvalue weighted by Gasteiger charge is -2.06. The maximum absolute atomic E-state index is 11.5. The first kappa shape index (κ1) is 9.72. The van der Waals surface area contributed by atoms with Gasteiger partial charge in [-0.05, 0) is 30.0 Å². The number of ether oxygens (including phenoxy) is 1. The van der Waals surface area contributed by atoms with Gasteiger partial charge in [0.1, 0.15) is 0 Å². The van der Waals surface area contributed by atoms with Gasteiger partial charge in [0.2, 0.25) is 0 Å². The van der Waals surface area contributed by atoms with Crippen LogP contribution in [0.3, 0.4) is 0 Å². The van der Waals surface area contributed by atoms with E-state index in [2.05, 4.69) is 6.07 Å². The van der Waals surface area contributed by atoms with Crippen molar-refractivity contribution < 1.29 is 9.53 Å². The lowest BCUT2D eigenvalue weighted by atomic mass is 10.00. The summed E-state index contributed by atoms with van der Waals surface area (Å²) >= 11 is 0. The van der Waals surface area contributed by atoms with E-state index in [0.717, 1.165) is 24.0 Å². The minimum atomic E-state index is -0.314. The molecule has 0 aliphatic heterocycles. The summed E-state index contributed by atoms with van der Waals surface area (Å²) in [7, 11) is 1.37. The van der Waals surface area contributed by atoms with Crippen LogP contribution in [0, 0.1) is 11.3 Å². The Morgan fingerprint density at radius 3 is 3.07 bits per heavy atom. The molecule has 1 atom stereocenters. The fraction of sp³-hybridized carbons (Fsp3) is 0.333. The Bertz CT molecular complexity index is 445. The molecular formula is C12H11NO2. The Hall–Kier alpha value is -1.82. The molecule has 1 aromatic rings. The molecule has 0 aromatic heterocycles. The average molecular weight is 201 g/mol. The summed E-state index contributed by atoms with van der Waals surface area (Å²) in [5.41, 5.74) is 2.57. The van der Waals surface area contributed by atoms with E-state index in [4.69, 9.17) is 10.00 Å². The van der Waals surface area contributed by atoms with E-state index < -0.39 is 0 Å². The maximum atomic E-state index is 11.5. The van der Waals surface area contributed by atoms with Crippen LogP contribution in [0.1, 0.15) is 33.8 Å². The smallest absolute Gasteiger partial charge is 0.338 e. The lowest BCUT2D eigenvalue weighted by Crippen LogP contribution is -2.05. The van der Waals surface area contributed by atoms with E-state index in [9.17, 15) is 4.79 Å². The highest BCUT2D eigenvalue weighted by atomic mass is 16.5. The van der Waals surface area contributed by atoms with Crippen LogP contribution in [-0.2, 0) is 11.2 Å². The van der Waals surface area contributed by atoms with Gasteiger partial charge in [-0.3, -0.25) is 0 Å². The number of carbonyl (C=O) groups excluding carboxylic acids is 1. The second kappa shape index (κ2) is 3.74. The Kier molecular flexibility index (Phi) is 2.42. The molecule has 3 heteroatoms. The molecule has 76 valence electrons. The first-order valence-corrected chi connectivity index (χ1v) is 4.87. The van der Waals surface area contributed by atoms with Gasteiger partial charge in [0.15, 0.2) is 0 Å². The number of hydrogen-bond acceptors (Lipinski definition) is 3. The summed E-state index contributed by atoms with van der Waals surface area (Å²) in [6, 6.07) is 7.73. The average Bonchev–Trinajstić information content (AvgIpc) is 2.70. The molecule has 1 aliphatic rings. The van der Waals surface area contributed by atoms with Gasteiger partial charge in [-0.2, -0.15) is 5.26 Å². The number of benzene rings is 1. The Balaban J connectivity index is 2.50. The summed E-state index contributed by atoms with van der Waals surface area (Å²) < 4.78 is 4.71. The zero-order valence-corrected chi connectivity index (χ0v) is 8.49. The van der Waals surface area contributed by atoms with Gasteiger partial charge >= 0.3 is 5.97 Å².